The maximum absolute atomic E-state index is 11.3. The van der Waals surface area contributed by atoms with Gasteiger partial charge in [0.15, 0.2) is 0 Å². The van der Waals surface area contributed by atoms with Gasteiger partial charge in [0.1, 0.15) is 0 Å². The van der Waals surface area contributed by atoms with Crippen LogP contribution in [0, 0.1) is 0 Å². The van der Waals surface area contributed by atoms with Crippen molar-refractivity contribution in [2.24, 2.45) is 0 Å². The Hall–Kier alpha value is -0.389. The summed E-state index contributed by atoms with van der Waals surface area (Å²) in [5.41, 5.74) is 1.95. The van der Waals surface area contributed by atoms with E-state index in [4.69, 9.17) is 0 Å². The van der Waals surface area contributed by atoms with Crippen molar-refractivity contribution in [3.05, 3.63) is 59.7 Å². The SMILES string of the molecule is CCCCCCCc1ccccc1[O-].CCCCCCCc1ccccc1[O-].[Ba+2]. The molecular formula is C26H38BaO2. The quantitative estimate of drug-likeness (QED) is 0.249. The minimum atomic E-state index is 0. The molecule has 2 aromatic carbocycles. The van der Waals surface area contributed by atoms with E-state index >= 15 is 0 Å². The van der Waals surface area contributed by atoms with E-state index in [1.54, 1.807) is 12.1 Å². The molecule has 0 aromatic heterocycles. The number of para-hydroxylation sites is 2. The molecule has 0 heterocycles. The van der Waals surface area contributed by atoms with E-state index in [1.807, 2.05) is 36.4 Å². The Morgan fingerprint density at radius 3 is 1.21 bits per heavy atom. The predicted octanol–water partition coefficient (Wildman–Crippen LogP) is 6.17. The zero-order valence-electron chi connectivity index (χ0n) is 18.6. The standard InChI is InChI=1S/2C13H20O.Ba/c2*1-2-3-4-5-6-9-12-10-7-8-11-13(12)14;/h2*7-8,10-11,14H,2-6,9H2,1H3;/q;;+2/p-2. The molecule has 0 saturated carbocycles. The Morgan fingerprint density at radius 2 is 0.862 bits per heavy atom. The van der Waals surface area contributed by atoms with Gasteiger partial charge in [-0.05, 0) is 25.7 Å². The van der Waals surface area contributed by atoms with Crippen molar-refractivity contribution in [2.45, 2.75) is 90.9 Å². The zero-order chi connectivity index (χ0) is 20.5. The van der Waals surface area contributed by atoms with Gasteiger partial charge in [-0.15, -0.1) is 11.5 Å². The third kappa shape index (κ3) is 14.3. The second-order valence-corrected chi connectivity index (χ2v) is 7.54. The van der Waals surface area contributed by atoms with Crippen LogP contribution >= 0.6 is 0 Å². The van der Waals surface area contributed by atoms with E-state index < -0.39 is 0 Å². The van der Waals surface area contributed by atoms with Gasteiger partial charge >= 0.3 is 48.9 Å². The van der Waals surface area contributed by atoms with E-state index in [-0.39, 0.29) is 60.4 Å². The molecule has 0 unspecified atom stereocenters. The number of unbranched alkanes of at least 4 members (excludes halogenated alkanes) is 8. The summed E-state index contributed by atoms with van der Waals surface area (Å²) in [6, 6.07) is 14.7. The fraction of sp³-hybridized carbons (Fsp3) is 0.538. The van der Waals surface area contributed by atoms with Crippen molar-refractivity contribution < 1.29 is 10.2 Å². The van der Waals surface area contributed by atoms with Crippen LogP contribution in [0.25, 0.3) is 0 Å². The molecule has 156 valence electrons. The number of aryl methyl sites for hydroxylation is 2. The minimum absolute atomic E-state index is 0. The molecule has 3 heteroatoms. The first-order valence-electron chi connectivity index (χ1n) is 11.2. The van der Waals surface area contributed by atoms with Gasteiger partial charge in [-0.3, -0.25) is 0 Å². The van der Waals surface area contributed by atoms with Gasteiger partial charge in [0.05, 0.1) is 0 Å². The molecule has 2 nitrogen and oxygen atoms in total. The molecule has 0 atom stereocenters. The largest absolute Gasteiger partial charge is 2.00 e. The summed E-state index contributed by atoms with van der Waals surface area (Å²) in [7, 11) is 0. The Bertz CT molecular complexity index is 572. The Kier molecular flexibility index (Phi) is 19.3. The monoisotopic (exact) mass is 520 g/mol. The van der Waals surface area contributed by atoms with Crippen molar-refractivity contribution in [1.82, 2.24) is 0 Å². The summed E-state index contributed by atoms with van der Waals surface area (Å²) in [6.07, 6.45) is 14.5. The fourth-order valence-corrected chi connectivity index (χ4v) is 3.26. The number of hydrogen-bond acceptors (Lipinski definition) is 2. The second-order valence-electron chi connectivity index (χ2n) is 7.54. The van der Waals surface area contributed by atoms with Crippen LogP contribution in [-0.2, 0) is 12.8 Å². The summed E-state index contributed by atoms with van der Waals surface area (Å²) in [5, 5.41) is 22.7. The average Bonchev–Trinajstić information content (AvgIpc) is 2.71. The molecule has 29 heavy (non-hydrogen) atoms. The van der Waals surface area contributed by atoms with Crippen LogP contribution in [-0.4, -0.2) is 48.9 Å². The number of hydrogen-bond donors (Lipinski definition) is 0. The number of benzene rings is 2. The Balaban J connectivity index is 0.000000523. The van der Waals surface area contributed by atoms with Crippen LogP contribution in [0.15, 0.2) is 48.5 Å². The van der Waals surface area contributed by atoms with Crippen LogP contribution < -0.4 is 10.2 Å². The first-order valence-corrected chi connectivity index (χ1v) is 11.2. The molecule has 0 bridgehead atoms. The molecule has 0 aliphatic carbocycles. The van der Waals surface area contributed by atoms with Gasteiger partial charge in [-0.1, -0.05) is 125 Å². The van der Waals surface area contributed by atoms with Gasteiger partial charge in [0, 0.05) is 0 Å². The summed E-state index contributed by atoms with van der Waals surface area (Å²) < 4.78 is 0. The van der Waals surface area contributed by atoms with E-state index in [9.17, 15) is 10.2 Å². The molecule has 0 radical (unpaired) electrons. The first-order chi connectivity index (χ1) is 13.7. The molecular weight excluding hydrogens is 482 g/mol. The van der Waals surface area contributed by atoms with E-state index in [0.29, 0.717) is 0 Å². The third-order valence-corrected chi connectivity index (χ3v) is 5.04. The number of rotatable bonds is 12. The van der Waals surface area contributed by atoms with Crippen molar-refractivity contribution in [2.75, 3.05) is 0 Å². The third-order valence-electron chi connectivity index (χ3n) is 5.04. The summed E-state index contributed by atoms with van der Waals surface area (Å²) >= 11 is 0. The van der Waals surface area contributed by atoms with Crippen molar-refractivity contribution in [1.29, 1.82) is 0 Å². The molecule has 0 aliphatic heterocycles. The van der Waals surface area contributed by atoms with E-state index in [0.717, 1.165) is 36.8 Å². The maximum Gasteiger partial charge on any atom is 2.00 e. The van der Waals surface area contributed by atoms with Crippen molar-refractivity contribution in [3.63, 3.8) is 0 Å². The first kappa shape index (κ1) is 28.6. The van der Waals surface area contributed by atoms with Gasteiger partial charge < -0.3 is 10.2 Å². The van der Waals surface area contributed by atoms with Gasteiger partial charge in [-0.2, -0.15) is 0 Å². The van der Waals surface area contributed by atoms with Crippen molar-refractivity contribution >= 4 is 48.9 Å². The van der Waals surface area contributed by atoms with E-state index in [1.165, 1.54) is 51.4 Å². The van der Waals surface area contributed by atoms with Crippen LogP contribution in [0.5, 0.6) is 11.5 Å². The molecule has 2 rings (SSSR count). The van der Waals surface area contributed by atoms with Crippen LogP contribution in [0.2, 0.25) is 0 Å². The van der Waals surface area contributed by atoms with Crippen LogP contribution in [0.1, 0.15) is 89.2 Å². The van der Waals surface area contributed by atoms with Crippen molar-refractivity contribution in [3.8, 4) is 11.5 Å². The molecule has 0 aliphatic rings. The van der Waals surface area contributed by atoms with Crippen LogP contribution in [0.4, 0.5) is 0 Å². The molecule has 2 aromatic rings. The molecule has 0 saturated heterocycles. The summed E-state index contributed by atoms with van der Waals surface area (Å²) in [5.74, 6) is 0.394. The van der Waals surface area contributed by atoms with Gasteiger partial charge in [0.2, 0.25) is 0 Å². The minimum Gasteiger partial charge on any atom is -0.872 e. The normalized spacial score (nSPS) is 10.0. The molecule has 0 amide bonds. The smallest absolute Gasteiger partial charge is 0.872 e. The molecule has 0 fully saturated rings. The molecule has 0 spiro atoms. The Morgan fingerprint density at radius 1 is 0.517 bits per heavy atom. The molecule has 0 N–H and O–H groups in total. The second kappa shape index (κ2) is 19.6. The summed E-state index contributed by atoms with van der Waals surface area (Å²) in [6.45, 7) is 4.43. The maximum atomic E-state index is 11.3. The van der Waals surface area contributed by atoms with Gasteiger partial charge in [0.25, 0.3) is 0 Å². The zero-order valence-corrected chi connectivity index (χ0v) is 23.1. The Labute approximate surface area is 219 Å². The fourth-order valence-electron chi connectivity index (χ4n) is 3.26. The average molecular weight is 520 g/mol. The summed E-state index contributed by atoms with van der Waals surface area (Å²) in [4.78, 5) is 0. The van der Waals surface area contributed by atoms with E-state index in [2.05, 4.69) is 13.8 Å². The van der Waals surface area contributed by atoms with Gasteiger partial charge in [-0.25, -0.2) is 0 Å². The van der Waals surface area contributed by atoms with Crippen LogP contribution in [0.3, 0.4) is 0 Å². The topological polar surface area (TPSA) is 46.1 Å². The predicted molar refractivity (Wildman–Crippen MR) is 122 cm³/mol.